The van der Waals surface area contributed by atoms with E-state index in [0.717, 1.165) is 16.8 Å². The largest absolute Gasteiger partial charge is 0.614 e. The molecule has 13 nitrogen and oxygen atoms in total. The minimum absolute atomic E-state index is 0.375. The number of ether oxygens (including phenoxy) is 2. The van der Waals surface area contributed by atoms with Gasteiger partial charge in [-0.25, -0.2) is 4.79 Å². The van der Waals surface area contributed by atoms with Crippen molar-refractivity contribution >= 4 is 14.1 Å². The molecule has 0 bridgehead atoms. The van der Waals surface area contributed by atoms with Crippen LogP contribution in [0, 0.1) is 12.3 Å². The van der Waals surface area contributed by atoms with Gasteiger partial charge in [-0.05, 0) is 25.3 Å². The zero-order valence-corrected chi connectivity index (χ0v) is 17.9. The molecular weight excluding hydrogens is 435 g/mol. The van der Waals surface area contributed by atoms with E-state index in [9.17, 15) is 29.2 Å². The van der Waals surface area contributed by atoms with Crippen LogP contribution in [0.15, 0.2) is 21.9 Å². The topological polar surface area (TPSA) is 195 Å². The molecule has 14 heteroatoms. The highest BCUT2D eigenvalue weighted by Crippen LogP contribution is 2.42. The second kappa shape index (κ2) is 9.37. The molecule has 0 spiro atoms. The second-order valence-corrected chi connectivity index (χ2v) is 8.21. The van der Waals surface area contributed by atoms with Crippen molar-refractivity contribution in [1.82, 2.24) is 14.6 Å². The molecular formula is C17H24N4O9P+. The lowest BCUT2D eigenvalue weighted by molar-refractivity contribution is -0.149. The highest BCUT2D eigenvalue weighted by molar-refractivity contribution is 7.36. The number of aliphatic hydroxyl groups is 2. The van der Waals surface area contributed by atoms with Crippen LogP contribution in [0.1, 0.15) is 27.0 Å². The van der Waals surface area contributed by atoms with E-state index in [1.54, 1.807) is 13.8 Å². The number of hydrogen-bond acceptors (Lipinski definition) is 10. The average molecular weight is 459 g/mol. The van der Waals surface area contributed by atoms with E-state index in [-0.39, 0.29) is 6.10 Å². The Labute approximate surface area is 177 Å². The number of carbonyl (C=O) groups is 1. The van der Waals surface area contributed by atoms with Crippen LogP contribution in [0.3, 0.4) is 0 Å². The molecule has 0 aliphatic carbocycles. The highest BCUT2D eigenvalue weighted by atomic mass is 31.1. The fraction of sp³-hybridized carbons (Fsp3) is 0.588. The lowest BCUT2D eigenvalue weighted by Crippen LogP contribution is -2.58. The van der Waals surface area contributed by atoms with Gasteiger partial charge in [-0.2, -0.15) is 0 Å². The van der Waals surface area contributed by atoms with Gasteiger partial charge in [-0.3, -0.25) is 24.9 Å². The van der Waals surface area contributed by atoms with Gasteiger partial charge in [0.2, 0.25) is 5.60 Å². The van der Waals surface area contributed by atoms with Gasteiger partial charge in [0.05, 0.1) is 6.10 Å². The summed E-state index contributed by atoms with van der Waals surface area (Å²) in [6.07, 6.45) is 2.28. The van der Waals surface area contributed by atoms with Gasteiger partial charge < -0.3 is 19.7 Å². The summed E-state index contributed by atoms with van der Waals surface area (Å²) in [6.45, 7) is 3.95. The lowest BCUT2D eigenvalue weighted by Gasteiger charge is -2.27. The Balaban J connectivity index is 2.15. The zero-order chi connectivity index (χ0) is 23.6. The third-order valence-corrected chi connectivity index (χ3v) is 5.30. The fourth-order valence-corrected chi connectivity index (χ4v) is 3.57. The van der Waals surface area contributed by atoms with E-state index >= 15 is 0 Å². The third-order valence-electron chi connectivity index (χ3n) is 4.33. The first kappa shape index (κ1) is 24.8. The van der Waals surface area contributed by atoms with Gasteiger partial charge in [0.15, 0.2) is 12.0 Å². The molecule has 2 rings (SSSR count). The van der Waals surface area contributed by atoms with Crippen LogP contribution < -0.4 is 22.1 Å². The number of hydrogen-bond donors (Lipinski definition) is 5. The molecule has 1 aliphatic rings. The minimum Gasteiger partial charge on any atom is -0.462 e. The monoisotopic (exact) mass is 459 g/mol. The molecule has 1 aromatic heterocycles. The molecule has 31 heavy (non-hydrogen) atoms. The summed E-state index contributed by atoms with van der Waals surface area (Å²) in [5, 5.41) is 23.6. The van der Waals surface area contributed by atoms with E-state index < -0.39 is 61.7 Å². The summed E-state index contributed by atoms with van der Waals surface area (Å²) in [7, 11) is -2.68. The Morgan fingerprint density at radius 1 is 1.52 bits per heavy atom. The van der Waals surface area contributed by atoms with Gasteiger partial charge in [-0.1, -0.05) is 11.0 Å². The first-order chi connectivity index (χ1) is 14.3. The minimum atomic E-state index is -2.68. The zero-order valence-electron chi connectivity index (χ0n) is 17.0. The maximum atomic E-state index is 12.1. The molecule has 0 amide bonds. The number of carbonyl (C=O) groups excluding carboxylic acids is 1. The number of nitrogens with two attached hydrogens (primary N) is 1. The van der Waals surface area contributed by atoms with Crippen molar-refractivity contribution in [3.8, 4) is 12.3 Å². The van der Waals surface area contributed by atoms with Crippen LogP contribution in [-0.2, 0) is 23.4 Å². The van der Waals surface area contributed by atoms with E-state index in [0.29, 0.717) is 0 Å². The van der Waals surface area contributed by atoms with E-state index in [1.807, 2.05) is 10.9 Å². The van der Waals surface area contributed by atoms with Crippen LogP contribution in [-0.4, -0.2) is 61.9 Å². The van der Waals surface area contributed by atoms with Gasteiger partial charge in [0.1, 0.15) is 18.8 Å². The predicted molar refractivity (Wildman–Crippen MR) is 106 cm³/mol. The number of nitrogens with one attached hydrogen (secondary N) is 2. The number of terminal acetylenes is 1. The van der Waals surface area contributed by atoms with Gasteiger partial charge in [-0.15, -0.1) is 10.9 Å². The van der Waals surface area contributed by atoms with Crippen molar-refractivity contribution < 1.29 is 33.6 Å². The molecule has 170 valence electrons. The van der Waals surface area contributed by atoms with E-state index in [1.165, 1.54) is 6.92 Å². The Morgan fingerprint density at radius 2 is 2.16 bits per heavy atom. The Hall–Kier alpha value is -2.43. The van der Waals surface area contributed by atoms with E-state index in [4.69, 9.17) is 26.2 Å². The van der Waals surface area contributed by atoms with E-state index in [2.05, 4.69) is 5.09 Å². The normalized spacial score (nSPS) is 29.4. The fourth-order valence-electron chi connectivity index (χ4n) is 2.76. The molecule has 1 aliphatic heterocycles. The second-order valence-electron chi connectivity index (χ2n) is 7.18. The number of esters is 1. The van der Waals surface area contributed by atoms with Gasteiger partial charge in [0.25, 0.3) is 5.56 Å². The van der Waals surface area contributed by atoms with Crippen LogP contribution >= 0.6 is 8.18 Å². The van der Waals surface area contributed by atoms with Crippen molar-refractivity contribution in [3.05, 3.63) is 33.1 Å². The number of nitrogens with zero attached hydrogens (tertiary/aromatic N) is 1. The molecule has 6 atom stereocenters. The average Bonchev–Trinajstić information content (AvgIpc) is 2.88. The number of aliphatic hydroxyl groups excluding tert-OH is 1. The lowest BCUT2D eigenvalue weighted by atomic mass is 9.92. The van der Waals surface area contributed by atoms with Crippen LogP contribution in [0.4, 0.5) is 0 Å². The summed E-state index contributed by atoms with van der Waals surface area (Å²) in [4.78, 5) is 37.1. The standard InChI is InChI=1S/C17H23N4O9P/c1-5-16(26)13(24)17(18,30-14(16)21-7-6-11(22)19-15(21)25)8-28-31(27)20-10(4)12(23)29-9(2)3/h1,6-7,9-10,13-14,24,26H,8,18H2,2-4H3,(H-,19,20,22,25,27)/p+1/t10-,13-,14+,16+,17+/m0/s1. The molecule has 1 aromatic rings. The van der Waals surface area contributed by atoms with Crippen LogP contribution in [0.2, 0.25) is 0 Å². The maximum absolute atomic E-state index is 12.1. The van der Waals surface area contributed by atoms with Crippen LogP contribution in [0.25, 0.3) is 0 Å². The third kappa shape index (κ3) is 5.25. The molecule has 1 unspecified atom stereocenters. The van der Waals surface area contributed by atoms with Gasteiger partial charge in [0, 0.05) is 12.3 Å². The molecule has 1 fully saturated rings. The van der Waals surface area contributed by atoms with Crippen LogP contribution in [0.5, 0.6) is 0 Å². The van der Waals surface area contributed by atoms with Crippen molar-refractivity contribution in [1.29, 1.82) is 0 Å². The summed E-state index contributed by atoms with van der Waals surface area (Å²) in [5.41, 5.74) is -0.400. The molecule has 2 heterocycles. The van der Waals surface area contributed by atoms with Gasteiger partial charge >= 0.3 is 19.8 Å². The first-order valence-electron chi connectivity index (χ1n) is 9.07. The molecule has 1 saturated heterocycles. The Morgan fingerprint density at radius 3 is 2.71 bits per heavy atom. The molecule has 0 aromatic carbocycles. The number of rotatable bonds is 8. The summed E-state index contributed by atoms with van der Waals surface area (Å²) in [5.74, 6) is 1.27. The quantitative estimate of drug-likeness (QED) is 0.165. The smallest absolute Gasteiger partial charge is 0.462 e. The maximum Gasteiger partial charge on any atom is 0.614 e. The number of H-pyrrole nitrogens is 1. The summed E-state index contributed by atoms with van der Waals surface area (Å²) in [6, 6.07) is -0.0104. The predicted octanol–water partition coefficient (Wildman–Crippen LogP) is -1.95. The van der Waals surface area contributed by atoms with Crippen molar-refractivity contribution in [2.75, 3.05) is 6.61 Å². The molecule has 6 N–H and O–H groups in total. The van der Waals surface area contributed by atoms with Crippen molar-refractivity contribution in [2.45, 2.75) is 56.6 Å². The SMILES string of the molecule is C#C[C@]1(O)[C@H](n2ccc(=O)[nH]c2=O)O[C@](N)(CO[P+](=O)N[C@@H](C)C(=O)OC(C)C)[C@H]1O. The number of aromatic amines is 1. The molecule has 0 saturated carbocycles. The highest BCUT2D eigenvalue weighted by Gasteiger charge is 2.63. The first-order valence-corrected chi connectivity index (χ1v) is 10.2. The summed E-state index contributed by atoms with van der Waals surface area (Å²) >= 11 is 0. The Kier molecular flexibility index (Phi) is 7.51. The molecule has 0 radical (unpaired) electrons. The number of aromatic nitrogens is 2. The Bertz CT molecular complexity index is 1000. The summed E-state index contributed by atoms with van der Waals surface area (Å²) < 4.78 is 28.3. The van der Waals surface area contributed by atoms with Crippen molar-refractivity contribution in [2.24, 2.45) is 5.73 Å². The van der Waals surface area contributed by atoms with Crippen molar-refractivity contribution in [3.63, 3.8) is 0 Å².